The monoisotopic (exact) mass is 195 g/mol. The molecule has 3 nitrogen and oxygen atoms in total. The third-order valence-electron chi connectivity index (χ3n) is 3.57. The van der Waals surface area contributed by atoms with Gasteiger partial charge >= 0.3 is 0 Å². The number of Topliss-reactive ketones (excluding diaryl/α,β-unsaturated/α-hetero) is 1. The number of amides is 1. The van der Waals surface area contributed by atoms with Crippen LogP contribution >= 0.6 is 0 Å². The molecule has 0 N–H and O–H groups in total. The van der Waals surface area contributed by atoms with Gasteiger partial charge in [0.05, 0.1) is 13.0 Å². The van der Waals surface area contributed by atoms with Crippen LogP contribution in [0.3, 0.4) is 0 Å². The molecule has 1 aliphatic heterocycles. The van der Waals surface area contributed by atoms with E-state index >= 15 is 0 Å². The van der Waals surface area contributed by atoms with Crippen molar-refractivity contribution in [3.8, 4) is 0 Å². The molecule has 3 heteroatoms. The Hall–Kier alpha value is -0.860. The Morgan fingerprint density at radius 1 is 1.14 bits per heavy atom. The highest BCUT2D eigenvalue weighted by Crippen LogP contribution is 2.35. The van der Waals surface area contributed by atoms with Crippen molar-refractivity contribution in [1.82, 2.24) is 4.90 Å². The molecular weight excluding hydrogens is 178 g/mol. The lowest BCUT2D eigenvalue weighted by Crippen LogP contribution is -2.48. The summed E-state index contributed by atoms with van der Waals surface area (Å²) in [5.74, 6) is 0.126. The van der Waals surface area contributed by atoms with E-state index in [0.29, 0.717) is 6.54 Å². The Morgan fingerprint density at radius 2 is 1.79 bits per heavy atom. The molecule has 0 aromatic carbocycles. The van der Waals surface area contributed by atoms with Crippen molar-refractivity contribution in [1.29, 1.82) is 0 Å². The standard InChI is InChI=1S/C11H17NO2/c1-11(5-3-2-4-6-11)12-8-9(13)7-10(12)14/h2-8H2,1H3. The average molecular weight is 195 g/mol. The van der Waals surface area contributed by atoms with Gasteiger partial charge in [0.15, 0.2) is 5.78 Å². The molecule has 0 bridgehead atoms. The van der Waals surface area contributed by atoms with Crippen molar-refractivity contribution in [2.75, 3.05) is 6.54 Å². The van der Waals surface area contributed by atoms with E-state index in [4.69, 9.17) is 0 Å². The highest BCUT2D eigenvalue weighted by atomic mass is 16.2. The van der Waals surface area contributed by atoms with Crippen molar-refractivity contribution < 1.29 is 9.59 Å². The van der Waals surface area contributed by atoms with Crippen LogP contribution in [-0.2, 0) is 9.59 Å². The maximum atomic E-state index is 11.6. The van der Waals surface area contributed by atoms with E-state index in [1.54, 1.807) is 0 Å². The zero-order valence-electron chi connectivity index (χ0n) is 8.71. The minimum atomic E-state index is -0.0263. The van der Waals surface area contributed by atoms with Gasteiger partial charge in [0.2, 0.25) is 5.91 Å². The molecular formula is C11H17NO2. The first-order valence-electron chi connectivity index (χ1n) is 5.44. The maximum absolute atomic E-state index is 11.6. The van der Waals surface area contributed by atoms with Gasteiger partial charge in [0.25, 0.3) is 0 Å². The summed E-state index contributed by atoms with van der Waals surface area (Å²) in [5.41, 5.74) is -0.0263. The number of carbonyl (C=O) groups is 2. The van der Waals surface area contributed by atoms with Gasteiger partial charge in [-0.2, -0.15) is 0 Å². The SMILES string of the molecule is CC1(N2CC(=O)CC2=O)CCCCC1. The minimum Gasteiger partial charge on any atom is -0.330 e. The summed E-state index contributed by atoms with van der Waals surface area (Å²) in [6.07, 6.45) is 5.90. The molecule has 0 aromatic heterocycles. The van der Waals surface area contributed by atoms with Crippen LogP contribution < -0.4 is 0 Å². The van der Waals surface area contributed by atoms with Crippen LogP contribution in [-0.4, -0.2) is 28.7 Å². The molecule has 2 aliphatic rings. The second-order valence-corrected chi connectivity index (χ2v) is 4.75. The number of nitrogens with zero attached hydrogens (tertiary/aromatic N) is 1. The smallest absolute Gasteiger partial charge is 0.230 e. The summed E-state index contributed by atoms with van der Waals surface area (Å²) in [5, 5.41) is 0. The first-order chi connectivity index (χ1) is 6.62. The molecule has 1 heterocycles. The van der Waals surface area contributed by atoms with Crippen LogP contribution in [0.25, 0.3) is 0 Å². The first kappa shape index (κ1) is 9.69. The molecule has 1 amide bonds. The third kappa shape index (κ3) is 1.56. The average Bonchev–Trinajstić information content (AvgIpc) is 2.47. The quantitative estimate of drug-likeness (QED) is 0.595. The fraction of sp³-hybridized carbons (Fsp3) is 0.818. The Kier molecular flexibility index (Phi) is 2.33. The van der Waals surface area contributed by atoms with Crippen molar-refractivity contribution in [2.24, 2.45) is 0 Å². The lowest BCUT2D eigenvalue weighted by atomic mass is 9.82. The van der Waals surface area contributed by atoms with Crippen LogP contribution in [0.4, 0.5) is 0 Å². The van der Waals surface area contributed by atoms with Crippen LogP contribution in [0.15, 0.2) is 0 Å². The van der Waals surface area contributed by atoms with E-state index in [-0.39, 0.29) is 23.7 Å². The van der Waals surface area contributed by atoms with Crippen molar-refractivity contribution in [3.63, 3.8) is 0 Å². The molecule has 1 saturated carbocycles. The lowest BCUT2D eigenvalue weighted by Gasteiger charge is -2.41. The number of ketones is 1. The summed E-state index contributed by atoms with van der Waals surface area (Å²) < 4.78 is 0. The van der Waals surface area contributed by atoms with E-state index < -0.39 is 0 Å². The topological polar surface area (TPSA) is 37.4 Å². The van der Waals surface area contributed by atoms with Crippen molar-refractivity contribution in [2.45, 2.75) is 51.0 Å². The van der Waals surface area contributed by atoms with Crippen LogP contribution in [0.2, 0.25) is 0 Å². The molecule has 1 saturated heterocycles. The molecule has 2 fully saturated rings. The normalized spacial score (nSPS) is 27.1. The number of likely N-dealkylation sites (tertiary alicyclic amines) is 1. The second kappa shape index (κ2) is 3.37. The molecule has 78 valence electrons. The zero-order valence-corrected chi connectivity index (χ0v) is 8.71. The van der Waals surface area contributed by atoms with Crippen molar-refractivity contribution in [3.05, 3.63) is 0 Å². The van der Waals surface area contributed by atoms with Gasteiger partial charge in [0.1, 0.15) is 0 Å². The molecule has 2 rings (SSSR count). The fourth-order valence-corrected chi connectivity index (χ4v) is 2.66. The lowest BCUT2D eigenvalue weighted by molar-refractivity contribution is -0.133. The molecule has 1 aliphatic carbocycles. The summed E-state index contributed by atoms with van der Waals surface area (Å²) in [7, 11) is 0. The van der Waals surface area contributed by atoms with E-state index in [2.05, 4.69) is 6.92 Å². The molecule has 0 aromatic rings. The first-order valence-corrected chi connectivity index (χ1v) is 5.44. The largest absolute Gasteiger partial charge is 0.330 e. The van der Waals surface area contributed by atoms with Gasteiger partial charge in [-0.3, -0.25) is 9.59 Å². The van der Waals surface area contributed by atoms with Gasteiger partial charge in [-0.15, -0.1) is 0 Å². The number of carbonyl (C=O) groups excluding carboxylic acids is 2. The second-order valence-electron chi connectivity index (χ2n) is 4.75. The van der Waals surface area contributed by atoms with Gasteiger partial charge in [-0.05, 0) is 19.8 Å². The molecule has 0 atom stereocenters. The summed E-state index contributed by atoms with van der Waals surface area (Å²) >= 11 is 0. The van der Waals surface area contributed by atoms with Gasteiger partial charge in [-0.1, -0.05) is 19.3 Å². The molecule has 0 unspecified atom stereocenters. The van der Waals surface area contributed by atoms with Crippen LogP contribution in [0.1, 0.15) is 45.4 Å². The highest BCUT2D eigenvalue weighted by molar-refractivity contribution is 6.05. The molecule has 0 spiro atoms. The molecule has 0 radical (unpaired) electrons. The van der Waals surface area contributed by atoms with Gasteiger partial charge < -0.3 is 4.90 Å². The molecule has 14 heavy (non-hydrogen) atoms. The number of rotatable bonds is 1. The minimum absolute atomic E-state index is 0.0263. The summed E-state index contributed by atoms with van der Waals surface area (Å²) in [6.45, 7) is 2.48. The van der Waals surface area contributed by atoms with Crippen LogP contribution in [0.5, 0.6) is 0 Å². The number of hydrogen-bond acceptors (Lipinski definition) is 2. The Morgan fingerprint density at radius 3 is 2.29 bits per heavy atom. The predicted molar refractivity (Wildman–Crippen MR) is 52.8 cm³/mol. The predicted octanol–water partition coefficient (Wildman–Crippen LogP) is 1.51. The van der Waals surface area contributed by atoms with E-state index in [0.717, 1.165) is 12.8 Å². The zero-order chi connectivity index (χ0) is 10.2. The van der Waals surface area contributed by atoms with Crippen LogP contribution in [0, 0.1) is 0 Å². The summed E-state index contributed by atoms with van der Waals surface area (Å²) in [6, 6.07) is 0. The van der Waals surface area contributed by atoms with E-state index in [1.807, 2.05) is 4.90 Å². The Labute approximate surface area is 84.5 Å². The fourth-order valence-electron chi connectivity index (χ4n) is 2.66. The van der Waals surface area contributed by atoms with E-state index in [1.165, 1.54) is 19.3 Å². The van der Waals surface area contributed by atoms with Gasteiger partial charge in [0, 0.05) is 5.54 Å². The third-order valence-corrected chi connectivity index (χ3v) is 3.57. The number of hydrogen-bond donors (Lipinski definition) is 0. The highest BCUT2D eigenvalue weighted by Gasteiger charge is 2.41. The van der Waals surface area contributed by atoms with E-state index in [9.17, 15) is 9.59 Å². The Balaban J connectivity index is 2.12. The maximum Gasteiger partial charge on any atom is 0.230 e. The Bertz CT molecular complexity index is 266. The van der Waals surface area contributed by atoms with Gasteiger partial charge in [-0.25, -0.2) is 0 Å². The summed E-state index contributed by atoms with van der Waals surface area (Å²) in [4.78, 5) is 24.6. The van der Waals surface area contributed by atoms with Crippen molar-refractivity contribution >= 4 is 11.7 Å².